The van der Waals surface area contributed by atoms with E-state index in [0.29, 0.717) is 5.56 Å². The van der Waals surface area contributed by atoms with E-state index in [1.807, 2.05) is 25.3 Å². The molecular formula is C17H21N3O4. The summed E-state index contributed by atoms with van der Waals surface area (Å²) in [6, 6.07) is 7.07. The maximum Gasteiger partial charge on any atom is 0.305 e. The van der Waals surface area contributed by atoms with Crippen LogP contribution in [0.1, 0.15) is 29.3 Å². The molecule has 0 radical (unpaired) electrons. The van der Waals surface area contributed by atoms with Gasteiger partial charge in [0.05, 0.1) is 24.3 Å². The van der Waals surface area contributed by atoms with Gasteiger partial charge in [0.15, 0.2) is 0 Å². The molecule has 1 amide bonds. The summed E-state index contributed by atoms with van der Waals surface area (Å²) in [6.45, 7) is 3.64. The van der Waals surface area contributed by atoms with Crippen LogP contribution in [0.4, 0.5) is 0 Å². The molecule has 2 rings (SSSR count). The molecule has 1 aromatic carbocycles. The Kier molecular flexibility index (Phi) is 5.35. The van der Waals surface area contributed by atoms with E-state index >= 15 is 0 Å². The summed E-state index contributed by atoms with van der Waals surface area (Å²) in [5.41, 5.74) is 1.24. The normalized spacial score (nSPS) is 13.3. The molecule has 0 aliphatic rings. The predicted octanol–water partition coefficient (Wildman–Crippen LogP) is 1.79. The van der Waals surface area contributed by atoms with Crippen molar-refractivity contribution in [3.8, 4) is 5.69 Å². The number of carbonyl (C=O) groups excluding carboxylic acids is 1. The van der Waals surface area contributed by atoms with Crippen LogP contribution in [0.5, 0.6) is 0 Å². The number of rotatable bonds is 7. The Morgan fingerprint density at radius 2 is 2.17 bits per heavy atom. The van der Waals surface area contributed by atoms with E-state index in [2.05, 4.69) is 10.4 Å². The molecule has 24 heavy (non-hydrogen) atoms. The molecule has 0 saturated carbocycles. The minimum absolute atomic E-state index is 0.107. The molecule has 1 heterocycles. The number of hydrogen-bond acceptors (Lipinski definition) is 4. The Morgan fingerprint density at radius 3 is 2.71 bits per heavy atom. The van der Waals surface area contributed by atoms with Crippen LogP contribution in [0, 0.1) is 6.92 Å². The number of benzene rings is 1. The van der Waals surface area contributed by atoms with Crippen LogP contribution in [0.25, 0.3) is 5.69 Å². The minimum atomic E-state index is -1.000. The van der Waals surface area contributed by atoms with E-state index in [1.165, 1.54) is 7.11 Å². The predicted molar refractivity (Wildman–Crippen MR) is 88.3 cm³/mol. The number of aliphatic carboxylic acids is 1. The standard InChI is InChI=1S/C17H21N3O4/c1-12-9-13(5-6-14(12)20-8-4-7-18-20)16(23)19-17(2,11-24-3)10-15(21)22/h4-9H,10-11H2,1-3H3,(H,19,23)(H,21,22). The number of nitrogens with zero attached hydrogens (tertiary/aromatic N) is 2. The lowest BCUT2D eigenvalue weighted by Gasteiger charge is -2.28. The lowest BCUT2D eigenvalue weighted by molar-refractivity contribution is -0.139. The van der Waals surface area contributed by atoms with E-state index in [1.54, 1.807) is 29.9 Å². The number of aromatic nitrogens is 2. The van der Waals surface area contributed by atoms with E-state index < -0.39 is 11.5 Å². The van der Waals surface area contributed by atoms with E-state index in [4.69, 9.17) is 9.84 Å². The lowest BCUT2D eigenvalue weighted by Crippen LogP contribution is -2.50. The Labute approximate surface area is 140 Å². The molecule has 7 nitrogen and oxygen atoms in total. The van der Waals surface area contributed by atoms with Crippen LogP contribution >= 0.6 is 0 Å². The van der Waals surface area contributed by atoms with Crippen molar-refractivity contribution in [2.45, 2.75) is 25.8 Å². The van der Waals surface area contributed by atoms with Crippen LogP contribution < -0.4 is 5.32 Å². The number of amides is 1. The first-order valence-corrected chi connectivity index (χ1v) is 7.48. The first-order valence-electron chi connectivity index (χ1n) is 7.48. The summed E-state index contributed by atoms with van der Waals surface area (Å²) < 4.78 is 6.77. The molecule has 0 aliphatic carbocycles. The summed E-state index contributed by atoms with van der Waals surface area (Å²) in [5.74, 6) is -1.34. The van der Waals surface area contributed by atoms with E-state index in [9.17, 15) is 9.59 Å². The molecule has 128 valence electrons. The average molecular weight is 331 g/mol. The number of aryl methyl sites for hydroxylation is 1. The zero-order chi connectivity index (χ0) is 17.7. The molecule has 2 aromatic rings. The van der Waals surface area contributed by atoms with Gasteiger partial charge in [-0.25, -0.2) is 4.68 Å². The van der Waals surface area contributed by atoms with Crippen molar-refractivity contribution in [3.63, 3.8) is 0 Å². The number of ether oxygens (including phenoxy) is 1. The van der Waals surface area contributed by atoms with Crippen LogP contribution in [0.3, 0.4) is 0 Å². The molecule has 0 spiro atoms. The van der Waals surface area contributed by atoms with Crippen LogP contribution in [0.15, 0.2) is 36.7 Å². The van der Waals surface area contributed by atoms with Crippen molar-refractivity contribution >= 4 is 11.9 Å². The van der Waals surface area contributed by atoms with Gasteiger partial charge in [0.1, 0.15) is 0 Å². The number of carboxylic acid groups (broad SMARTS) is 1. The first kappa shape index (κ1) is 17.7. The van der Waals surface area contributed by atoms with Gasteiger partial charge in [-0.3, -0.25) is 9.59 Å². The zero-order valence-electron chi connectivity index (χ0n) is 13.9. The van der Waals surface area contributed by atoms with Crippen LogP contribution in [-0.2, 0) is 9.53 Å². The summed E-state index contributed by atoms with van der Waals surface area (Å²) in [6.07, 6.45) is 3.28. The molecule has 0 saturated heterocycles. The van der Waals surface area contributed by atoms with Crippen molar-refractivity contribution in [1.29, 1.82) is 0 Å². The zero-order valence-corrected chi connectivity index (χ0v) is 13.9. The van der Waals surface area contributed by atoms with Gasteiger partial charge in [-0.05, 0) is 43.7 Å². The highest BCUT2D eigenvalue weighted by Gasteiger charge is 2.30. The van der Waals surface area contributed by atoms with Crippen LogP contribution in [-0.4, -0.2) is 46.0 Å². The highest BCUT2D eigenvalue weighted by Crippen LogP contribution is 2.17. The van der Waals surface area contributed by atoms with Crippen LogP contribution in [0.2, 0.25) is 0 Å². The molecule has 0 aliphatic heterocycles. The Hall–Kier alpha value is -2.67. The fourth-order valence-corrected chi connectivity index (χ4v) is 2.59. The van der Waals surface area contributed by atoms with Gasteiger partial charge < -0.3 is 15.2 Å². The van der Waals surface area contributed by atoms with Gasteiger partial charge in [0, 0.05) is 25.1 Å². The maximum atomic E-state index is 12.5. The van der Waals surface area contributed by atoms with Gasteiger partial charge in [0.25, 0.3) is 5.91 Å². The summed E-state index contributed by atoms with van der Waals surface area (Å²) >= 11 is 0. The monoisotopic (exact) mass is 331 g/mol. The number of hydrogen-bond donors (Lipinski definition) is 2. The second-order valence-corrected chi connectivity index (χ2v) is 5.97. The number of nitrogens with one attached hydrogen (secondary N) is 1. The van der Waals surface area contributed by atoms with Gasteiger partial charge >= 0.3 is 5.97 Å². The Morgan fingerprint density at radius 1 is 1.42 bits per heavy atom. The number of carboxylic acids is 1. The summed E-state index contributed by atoms with van der Waals surface area (Å²) in [4.78, 5) is 23.5. The Bertz CT molecular complexity index is 727. The SMILES string of the molecule is COCC(C)(CC(=O)O)NC(=O)c1ccc(-n2cccn2)c(C)c1. The third-order valence-electron chi connectivity index (χ3n) is 3.63. The fraction of sp³-hybridized carbons (Fsp3) is 0.353. The minimum Gasteiger partial charge on any atom is -0.481 e. The highest BCUT2D eigenvalue weighted by molar-refractivity contribution is 5.95. The van der Waals surface area contributed by atoms with Gasteiger partial charge in [-0.2, -0.15) is 5.10 Å². The lowest BCUT2D eigenvalue weighted by atomic mass is 9.98. The molecule has 7 heteroatoms. The topological polar surface area (TPSA) is 93.5 Å². The molecular weight excluding hydrogens is 310 g/mol. The first-order chi connectivity index (χ1) is 11.3. The van der Waals surface area contributed by atoms with Crippen molar-refractivity contribution in [3.05, 3.63) is 47.8 Å². The summed E-state index contributed by atoms with van der Waals surface area (Å²) in [5, 5.41) is 16.0. The maximum absolute atomic E-state index is 12.5. The fourth-order valence-electron chi connectivity index (χ4n) is 2.59. The van der Waals surface area contributed by atoms with Crippen molar-refractivity contribution in [2.75, 3.05) is 13.7 Å². The molecule has 2 N–H and O–H groups in total. The van der Waals surface area contributed by atoms with Gasteiger partial charge in [-0.1, -0.05) is 0 Å². The van der Waals surface area contributed by atoms with E-state index in [0.717, 1.165) is 11.3 Å². The average Bonchev–Trinajstić information content (AvgIpc) is 3.00. The second kappa shape index (κ2) is 7.27. The van der Waals surface area contributed by atoms with Crippen molar-refractivity contribution < 1.29 is 19.4 Å². The van der Waals surface area contributed by atoms with Gasteiger partial charge in [-0.15, -0.1) is 0 Å². The molecule has 0 fully saturated rings. The molecule has 1 aromatic heterocycles. The second-order valence-electron chi connectivity index (χ2n) is 5.97. The third kappa shape index (κ3) is 4.20. The Balaban J connectivity index is 2.20. The number of carbonyl (C=O) groups is 2. The quantitative estimate of drug-likeness (QED) is 0.807. The molecule has 1 unspecified atom stereocenters. The molecule has 0 bridgehead atoms. The largest absolute Gasteiger partial charge is 0.481 e. The van der Waals surface area contributed by atoms with Crippen molar-refractivity contribution in [2.24, 2.45) is 0 Å². The third-order valence-corrected chi connectivity index (χ3v) is 3.63. The van der Waals surface area contributed by atoms with E-state index in [-0.39, 0.29) is 18.9 Å². The number of methoxy groups -OCH3 is 1. The summed E-state index contributed by atoms with van der Waals surface area (Å²) in [7, 11) is 1.47. The van der Waals surface area contributed by atoms with Gasteiger partial charge in [0.2, 0.25) is 0 Å². The smallest absolute Gasteiger partial charge is 0.305 e. The van der Waals surface area contributed by atoms with Crippen molar-refractivity contribution in [1.82, 2.24) is 15.1 Å². The highest BCUT2D eigenvalue weighted by atomic mass is 16.5. The molecule has 1 atom stereocenters.